The lowest BCUT2D eigenvalue weighted by Gasteiger charge is -2.33. The molecule has 4 rings (SSSR count). The van der Waals surface area contributed by atoms with E-state index in [4.69, 9.17) is 10.7 Å². The number of aromatic nitrogens is 4. The van der Waals surface area contributed by atoms with Crippen LogP contribution in [0.3, 0.4) is 0 Å². The summed E-state index contributed by atoms with van der Waals surface area (Å²) in [6.45, 7) is 3.88. The maximum absolute atomic E-state index is 5.87. The highest BCUT2D eigenvalue weighted by Gasteiger charge is 2.22. The van der Waals surface area contributed by atoms with Crippen molar-refractivity contribution in [2.24, 2.45) is 5.92 Å². The minimum absolute atomic E-state index is 0.539. The van der Waals surface area contributed by atoms with Gasteiger partial charge in [0.1, 0.15) is 23.3 Å². The number of rotatable bonds is 3. The van der Waals surface area contributed by atoms with E-state index in [0.29, 0.717) is 11.7 Å². The topological polar surface area (TPSA) is 83.7 Å². The van der Waals surface area contributed by atoms with Crippen LogP contribution in [0.5, 0.6) is 0 Å². The number of hydrogen-bond acceptors (Lipinski definition) is 5. The second-order valence-electron chi connectivity index (χ2n) is 6.56. The lowest BCUT2D eigenvalue weighted by molar-refractivity contribution is 0.405. The van der Waals surface area contributed by atoms with Crippen LogP contribution in [0.2, 0.25) is 0 Å². The molecule has 24 heavy (non-hydrogen) atoms. The quantitative estimate of drug-likeness (QED) is 0.774. The number of anilines is 2. The summed E-state index contributed by atoms with van der Waals surface area (Å²) < 4.78 is 0. The van der Waals surface area contributed by atoms with Crippen LogP contribution < -0.4 is 10.6 Å². The molecule has 3 N–H and O–H groups in total. The smallest absolute Gasteiger partial charge is 0.134 e. The van der Waals surface area contributed by atoms with Crippen LogP contribution in [0.4, 0.5) is 11.6 Å². The Kier molecular flexibility index (Phi) is 3.80. The van der Waals surface area contributed by atoms with E-state index in [1.165, 1.54) is 6.42 Å². The van der Waals surface area contributed by atoms with Crippen LogP contribution in [-0.4, -0.2) is 33.0 Å². The van der Waals surface area contributed by atoms with E-state index in [9.17, 15) is 0 Å². The van der Waals surface area contributed by atoms with Crippen LogP contribution in [-0.2, 0) is 6.42 Å². The first-order valence-corrected chi connectivity index (χ1v) is 8.47. The molecular weight excluding hydrogens is 300 g/mol. The Morgan fingerprint density at radius 2 is 2.12 bits per heavy atom. The van der Waals surface area contributed by atoms with Crippen LogP contribution in [0, 0.1) is 12.8 Å². The normalized spacial score (nSPS) is 18.2. The molecule has 0 spiro atoms. The summed E-state index contributed by atoms with van der Waals surface area (Å²) in [5.41, 5.74) is 8.03. The third-order valence-electron chi connectivity index (χ3n) is 4.61. The van der Waals surface area contributed by atoms with Gasteiger partial charge in [0.25, 0.3) is 0 Å². The van der Waals surface area contributed by atoms with E-state index in [1.807, 2.05) is 25.1 Å². The third-order valence-corrected chi connectivity index (χ3v) is 4.61. The van der Waals surface area contributed by atoms with Crippen molar-refractivity contribution in [3.05, 3.63) is 42.0 Å². The van der Waals surface area contributed by atoms with Gasteiger partial charge in [-0.1, -0.05) is 12.1 Å². The summed E-state index contributed by atoms with van der Waals surface area (Å²) in [6.07, 6.45) is 3.34. The Balaban J connectivity index is 1.50. The molecule has 0 unspecified atom stereocenters. The van der Waals surface area contributed by atoms with Gasteiger partial charge < -0.3 is 15.6 Å². The average molecular weight is 322 g/mol. The monoisotopic (exact) mass is 322 g/mol. The highest BCUT2D eigenvalue weighted by atomic mass is 15.2. The third kappa shape index (κ3) is 3.04. The Bertz CT molecular complexity index is 802. The van der Waals surface area contributed by atoms with Crippen LogP contribution >= 0.6 is 0 Å². The molecule has 1 fully saturated rings. The van der Waals surface area contributed by atoms with Gasteiger partial charge in [-0.25, -0.2) is 15.0 Å². The number of nitrogens with one attached hydrogen (secondary N) is 1. The Labute approximate surface area is 141 Å². The number of hydrogen-bond donors (Lipinski definition) is 2. The highest BCUT2D eigenvalue weighted by Crippen LogP contribution is 2.25. The van der Waals surface area contributed by atoms with Gasteiger partial charge in [0.15, 0.2) is 0 Å². The largest absolute Gasteiger partial charge is 0.384 e. The zero-order chi connectivity index (χ0) is 16.5. The second-order valence-corrected chi connectivity index (χ2v) is 6.56. The van der Waals surface area contributed by atoms with Gasteiger partial charge in [0, 0.05) is 25.6 Å². The lowest BCUT2D eigenvalue weighted by atomic mass is 9.94. The number of nitrogens with zero attached hydrogens (tertiary/aromatic N) is 4. The van der Waals surface area contributed by atoms with Crippen molar-refractivity contribution in [1.29, 1.82) is 0 Å². The molecule has 1 saturated heterocycles. The SMILES string of the molecule is Cc1nc(N)cc(N2CCC[C@H](Cc3nc4ccccc4[nH]3)C2)n1. The minimum Gasteiger partial charge on any atom is -0.384 e. The van der Waals surface area contributed by atoms with Gasteiger partial charge in [-0.05, 0) is 37.8 Å². The number of benzene rings is 1. The molecule has 0 saturated carbocycles. The number of aromatic amines is 1. The minimum atomic E-state index is 0.539. The molecule has 6 heteroatoms. The number of fused-ring (bicyclic) bond motifs is 1. The molecule has 3 aromatic rings. The second kappa shape index (κ2) is 6.11. The predicted octanol–water partition coefficient (Wildman–Crippen LogP) is 2.70. The van der Waals surface area contributed by atoms with Gasteiger partial charge in [0.05, 0.1) is 11.0 Å². The zero-order valence-corrected chi connectivity index (χ0v) is 13.9. The molecule has 0 radical (unpaired) electrons. The fourth-order valence-corrected chi connectivity index (χ4v) is 3.55. The number of piperidine rings is 1. The van der Waals surface area contributed by atoms with Crippen molar-refractivity contribution in [3.8, 4) is 0 Å². The lowest BCUT2D eigenvalue weighted by Crippen LogP contribution is -2.37. The molecule has 1 aliphatic rings. The fraction of sp³-hybridized carbons (Fsp3) is 0.389. The van der Waals surface area contributed by atoms with Crippen molar-refractivity contribution in [2.45, 2.75) is 26.2 Å². The van der Waals surface area contributed by atoms with Gasteiger partial charge in [-0.3, -0.25) is 0 Å². The summed E-state index contributed by atoms with van der Waals surface area (Å²) in [5.74, 6) is 3.84. The number of para-hydroxylation sites is 2. The maximum Gasteiger partial charge on any atom is 0.134 e. The van der Waals surface area contributed by atoms with Crippen LogP contribution in [0.15, 0.2) is 30.3 Å². The average Bonchev–Trinajstić information content (AvgIpc) is 2.96. The predicted molar refractivity (Wildman–Crippen MR) is 95.9 cm³/mol. The highest BCUT2D eigenvalue weighted by molar-refractivity contribution is 5.74. The zero-order valence-electron chi connectivity index (χ0n) is 13.9. The molecule has 3 heterocycles. The summed E-state index contributed by atoms with van der Waals surface area (Å²) in [4.78, 5) is 19.2. The summed E-state index contributed by atoms with van der Waals surface area (Å²) in [5, 5.41) is 0. The first kappa shape index (κ1) is 14.9. The van der Waals surface area contributed by atoms with Crippen molar-refractivity contribution >= 4 is 22.7 Å². The van der Waals surface area contributed by atoms with E-state index in [1.54, 1.807) is 0 Å². The van der Waals surface area contributed by atoms with Crippen molar-refractivity contribution in [3.63, 3.8) is 0 Å². The first-order valence-electron chi connectivity index (χ1n) is 8.47. The summed E-state index contributed by atoms with van der Waals surface area (Å²) >= 11 is 0. The number of aryl methyl sites for hydroxylation is 1. The molecule has 1 atom stereocenters. The maximum atomic E-state index is 5.87. The Hall–Kier alpha value is -2.63. The Morgan fingerprint density at radius 3 is 2.96 bits per heavy atom. The molecule has 0 amide bonds. The first-order chi connectivity index (χ1) is 11.7. The van der Waals surface area contributed by atoms with Crippen molar-refractivity contribution in [1.82, 2.24) is 19.9 Å². The van der Waals surface area contributed by atoms with Gasteiger partial charge in [-0.15, -0.1) is 0 Å². The number of nitrogens with two attached hydrogens (primary N) is 1. The number of nitrogen functional groups attached to an aromatic ring is 1. The molecule has 0 bridgehead atoms. The number of imidazole rings is 1. The summed E-state index contributed by atoms with van der Waals surface area (Å²) in [7, 11) is 0. The standard InChI is InChI=1S/C18H22N6/c1-12-20-16(19)10-18(21-12)24-8-4-5-13(11-24)9-17-22-14-6-2-3-7-15(14)23-17/h2-3,6-7,10,13H,4-5,8-9,11H2,1H3,(H,22,23)(H2,19,20,21)/t13-/m1/s1. The molecule has 0 aliphatic carbocycles. The molecule has 124 valence electrons. The molecule has 1 aliphatic heterocycles. The molecule has 1 aromatic carbocycles. The Morgan fingerprint density at radius 1 is 1.25 bits per heavy atom. The molecule has 6 nitrogen and oxygen atoms in total. The van der Waals surface area contributed by atoms with E-state index >= 15 is 0 Å². The van der Waals surface area contributed by atoms with Crippen LogP contribution in [0.1, 0.15) is 24.5 Å². The van der Waals surface area contributed by atoms with Gasteiger partial charge >= 0.3 is 0 Å². The summed E-state index contributed by atoms with van der Waals surface area (Å²) in [6, 6.07) is 10.1. The van der Waals surface area contributed by atoms with Gasteiger partial charge in [-0.2, -0.15) is 0 Å². The van der Waals surface area contributed by atoms with Gasteiger partial charge in [0.2, 0.25) is 0 Å². The van der Waals surface area contributed by atoms with E-state index in [-0.39, 0.29) is 0 Å². The van der Waals surface area contributed by atoms with E-state index in [0.717, 1.165) is 54.4 Å². The number of H-pyrrole nitrogens is 1. The molecular formula is C18H22N6. The van der Waals surface area contributed by atoms with Crippen molar-refractivity contribution < 1.29 is 0 Å². The molecule has 2 aromatic heterocycles. The van der Waals surface area contributed by atoms with E-state index in [2.05, 4.69) is 32.0 Å². The van der Waals surface area contributed by atoms with Crippen LogP contribution in [0.25, 0.3) is 11.0 Å². The van der Waals surface area contributed by atoms with E-state index < -0.39 is 0 Å². The van der Waals surface area contributed by atoms with Crippen molar-refractivity contribution in [2.75, 3.05) is 23.7 Å². The fourth-order valence-electron chi connectivity index (χ4n) is 3.55.